The number of halogens is 1. The summed E-state index contributed by atoms with van der Waals surface area (Å²) in [7, 11) is 0. The first-order valence-electron chi connectivity index (χ1n) is 8.60. The van der Waals surface area contributed by atoms with E-state index in [0.29, 0.717) is 15.7 Å². The SMILES string of the molecule is Cc1cc(C)c2nc(NC(=S)NC(=O)c3cccc4c(Cl)cccc34)sc2c1. The average molecular weight is 426 g/mol. The lowest BCUT2D eigenvalue weighted by atomic mass is 10.0. The van der Waals surface area contributed by atoms with Crippen molar-refractivity contribution in [2.45, 2.75) is 13.8 Å². The van der Waals surface area contributed by atoms with Gasteiger partial charge < -0.3 is 5.32 Å². The molecule has 4 rings (SSSR count). The van der Waals surface area contributed by atoms with Gasteiger partial charge in [0.2, 0.25) is 0 Å². The molecule has 0 aliphatic heterocycles. The van der Waals surface area contributed by atoms with Crippen molar-refractivity contribution in [1.82, 2.24) is 10.3 Å². The van der Waals surface area contributed by atoms with Crippen LogP contribution in [0.15, 0.2) is 48.5 Å². The number of amides is 1. The quantitative estimate of drug-likeness (QED) is 0.396. The Labute approximate surface area is 176 Å². The molecule has 0 fully saturated rings. The smallest absolute Gasteiger partial charge is 0.258 e. The Morgan fingerprint density at radius 2 is 1.86 bits per heavy atom. The van der Waals surface area contributed by atoms with Crippen LogP contribution in [0.3, 0.4) is 0 Å². The number of thiocarbonyl (C=S) groups is 1. The third-order valence-corrected chi connectivity index (χ3v) is 5.84. The van der Waals surface area contributed by atoms with Crippen LogP contribution in [-0.4, -0.2) is 16.0 Å². The van der Waals surface area contributed by atoms with Gasteiger partial charge in [0, 0.05) is 16.0 Å². The second kappa shape index (κ2) is 7.47. The van der Waals surface area contributed by atoms with Gasteiger partial charge in [-0.05, 0) is 60.8 Å². The molecule has 28 heavy (non-hydrogen) atoms. The Hall–Kier alpha value is -2.54. The average Bonchev–Trinajstić information content (AvgIpc) is 3.04. The van der Waals surface area contributed by atoms with Gasteiger partial charge in [-0.1, -0.05) is 53.3 Å². The molecule has 0 aliphatic carbocycles. The number of aryl methyl sites for hydroxylation is 2. The summed E-state index contributed by atoms with van der Waals surface area (Å²) in [6.45, 7) is 4.09. The molecule has 4 nitrogen and oxygen atoms in total. The van der Waals surface area contributed by atoms with Crippen LogP contribution in [0, 0.1) is 13.8 Å². The van der Waals surface area contributed by atoms with E-state index in [-0.39, 0.29) is 11.0 Å². The Morgan fingerprint density at radius 3 is 2.68 bits per heavy atom. The zero-order valence-corrected chi connectivity index (χ0v) is 17.6. The highest BCUT2D eigenvalue weighted by Gasteiger charge is 2.14. The molecule has 1 amide bonds. The van der Waals surface area contributed by atoms with Crippen molar-refractivity contribution < 1.29 is 4.79 Å². The molecule has 0 saturated carbocycles. The molecule has 0 bridgehead atoms. The summed E-state index contributed by atoms with van der Waals surface area (Å²) in [5, 5.41) is 8.81. The number of nitrogens with zero attached hydrogens (tertiary/aromatic N) is 1. The van der Waals surface area contributed by atoms with Gasteiger partial charge in [-0.2, -0.15) is 0 Å². The first-order valence-corrected chi connectivity index (χ1v) is 10.2. The lowest BCUT2D eigenvalue weighted by molar-refractivity contribution is 0.0979. The fourth-order valence-corrected chi connectivity index (χ4v) is 4.73. The van der Waals surface area contributed by atoms with Crippen LogP contribution in [0.4, 0.5) is 5.13 Å². The Bertz CT molecular complexity index is 1250. The van der Waals surface area contributed by atoms with Gasteiger partial charge in [0.1, 0.15) is 0 Å². The van der Waals surface area contributed by atoms with Crippen molar-refractivity contribution in [1.29, 1.82) is 0 Å². The van der Waals surface area contributed by atoms with E-state index in [1.165, 1.54) is 16.9 Å². The van der Waals surface area contributed by atoms with E-state index < -0.39 is 0 Å². The van der Waals surface area contributed by atoms with E-state index >= 15 is 0 Å². The monoisotopic (exact) mass is 425 g/mol. The summed E-state index contributed by atoms with van der Waals surface area (Å²) < 4.78 is 1.08. The molecule has 1 heterocycles. The third-order valence-electron chi connectivity index (χ3n) is 4.39. The largest absolute Gasteiger partial charge is 0.308 e. The molecule has 0 spiro atoms. The van der Waals surface area contributed by atoms with Crippen molar-refractivity contribution in [3.05, 3.63) is 70.2 Å². The van der Waals surface area contributed by atoms with Gasteiger partial charge >= 0.3 is 0 Å². The Kier molecular flexibility index (Phi) is 5.02. The number of rotatable bonds is 2. The summed E-state index contributed by atoms with van der Waals surface area (Å²) in [6, 6.07) is 15.1. The fraction of sp³-hybridized carbons (Fsp3) is 0.0952. The normalized spacial score (nSPS) is 11.0. The van der Waals surface area contributed by atoms with Crippen molar-refractivity contribution in [2.75, 3.05) is 5.32 Å². The number of carbonyl (C=O) groups is 1. The van der Waals surface area contributed by atoms with Gasteiger partial charge in [-0.15, -0.1) is 0 Å². The molecule has 7 heteroatoms. The summed E-state index contributed by atoms with van der Waals surface area (Å²) in [6.07, 6.45) is 0. The molecule has 0 unspecified atom stereocenters. The number of benzene rings is 3. The highest BCUT2D eigenvalue weighted by molar-refractivity contribution is 7.80. The van der Waals surface area contributed by atoms with Crippen molar-refractivity contribution >= 4 is 72.3 Å². The second-order valence-corrected chi connectivity index (χ2v) is 8.34. The van der Waals surface area contributed by atoms with E-state index in [1.54, 1.807) is 18.2 Å². The van der Waals surface area contributed by atoms with Crippen LogP contribution < -0.4 is 10.6 Å². The fourth-order valence-electron chi connectivity index (χ4n) is 3.19. The molecule has 0 radical (unpaired) electrons. The molecule has 2 N–H and O–H groups in total. The summed E-state index contributed by atoms with van der Waals surface area (Å²) in [5.74, 6) is -0.293. The maximum Gasteiger partial charge on any atom is 0.258 e. The molecular formula is C21H16ClN3OS2. The van der Waals surface area contributed by atoms with Crippen LogP contribution in [0.1, 0.15) is 21.5 Å². The minimum atomic E-state index is -0.293. The third kappa shape index (κ3) is 3.58. The number of fused-ring (bicyclic) bond motifs is 2. The van der Waals surface area contributed by atoms with Gasteiger partial charge in [-0.25, -0.2) is 4.98 Å². The number of hydrogen-bond acceptors (Lipinski definition) is 4. The first kappa shape index (κ1) is 18.8. The molecule has 4 aromatic rings. The van der Waals surface area contributed by atoms with Gasteiger partial charge in [0.05, 0.1) is 10.2 Å². The van der Waals surface area contributed by atoms with Crippen LogP contribution in [-0.2, 0) is 0 Å². The maximum absolute atomic E-state index is 12.7. The van der Waals surface area contributed by atoms with Crippen molar-refractivity contribution in [3.63, 3.8) is 0 Å². The zero-order chi connectivity index (χ0) is 19.8. The highest BCUT2D eigenvalue weighted by Crippen LogP contribution is 2.29. The van der Waals surface area contributed by atoms with Crippen molar-refractivity contribution in [2.24, 2.45) is 0 Å². The van der Waals surface area contributed by atoms with E-state index in [0.717, 1.165) is 26.6 Å². The van der Waals surface area contributed by atoms with E-state index in [9.17, 15) is 4.79 Å². The predicted octanol–water partition coefficient (Wildman–Crippen LogP) is 5.85. The lowest BCUT2D eigenvalue weighted by Gasteiger charge is -2.10. The number of aromatic nitrogens is 1. The van der Waals surface area contributed by atoms with E-state index in [1.807, 2.05) is 25.1 Å². The molecule has 1 aromatic heterocycles. The highest BCUT2D eigenvalue weighted by atomic mass is 35.5. The van der Waals surface area contributed by atoms with Gasteiger partial charge in [0.25, 0.3) is 5.91 Å². The molecule has 140 valence electrons. The summed E-state index contributed by atoms with van der Waals surface area (Å²) in [4.78, 5) is 17.3. The zero-order valence-electron chi connectivity index (χ0n) is 15.2. The summed E-state index contributed by atoms with van der Waals surface area (Å²) >= 11 is 13.1. The Morgan fingerprint density at radius 1 is 1.11 bits per heavy atom. The number of carbonyl (C=O) groups excluding carboxylic acids is 1. The number of hydrogen-bond donors (Lipinski definition) is 2. The molecule has 0 aliphatic rings. The van der Waals surface area contributed by atoms with Gasteiger partial charge in [-0.3, -0.25) is 10.1 Å². The van der Waals surface area contributed by atoms with Crippen LogP contribution in [0.25, 0.3) is 21.0 Å². The first-order chi connectivity index (χ1) is 13.4. The second-order valence-electron chi connectivity index (χ2n) is 6.50. The lowest BCUT2D eigenvalue weighted by Crippen LogP contribution is -2.34. The van der Waals surface area contributed by atoms with Crippen LogP contribution in [0.2, 0.25) is 5.02 Å². The van der Waals surface area contributed by atoms with Crippen LogP contribution >= 0.6 is 35.2 Å². The van der Waals surface area contributed by atoms with Gasteiger partial charge in [0.15, 0.2) is 10.2 Å². The number of anilines is 1. The van der Waals surface area contributed by atoms with E-state index in [4.69, 9.17) is 23.8 Å². The standard InChI is InChI=1S/C21H16ClN3OS2/c1-11-9-12(2)18-17(10-11)28-21(23-18)25-20(27)24-19(26)15-7-3-6-14-13(15)5-4-8-16(14)22/h3-10H,1-2H3,(H2,23,24,25,26,27). The molecular weight excluding hydrogens is 410 g/mol. The topological polar surface area (TPSA) is 54.0 Å². The number of nitrogens with one attached hydrogen (secondary N) is 2. The predicted molar refractivity (Wildman–Crippen MR) is 122 cm³/mol. The van der Waals surface area contributed by atoms with E-state index in [2.05, 4.69) is 34.7 Å². The van der Waals surface area contributed by atoms with Crippen molar-refractivity contribution in [3.8, 4) is 0 Å². The molecule has 0 saturated heterocycles. The Balaban J connectivity index is 1.55. The number of thiazole rings is 1. The molecule has 0 atom stereocenters. The summed E-state index contributed by atoms with van der Waals surface area (Å²) in [5.41, 5.74) is 3.75. The van der Waals surface area contributed by atoms with Crippen LogP contribution in [0.5, 0.6) is 0 Å². The maximum atomic E-state index is 12.7. The molecule has 3 aromatic carbocycles. The minimum absolute atomic E-state index is 0.206. The minimum Gasteiger partial charge on any atom is -0.308 e.